The first-order chi connectivity index (χ1) is 14.3. The summed E-state index contributed by atoms with van der Waals surface area (Å²) >= 11 is 0. The zero-order valence-electron chi connectivity index (χ0n) is 17.0. The van der Waals surface area contributed by atoms with Gasteiger partial charge in [0.05, 0.1) is 29.1 Å². The average Bonchev–Trinajstić information content (AvgIpc) is 3.10. The normalized spacial score (nSPS) is 22.8. The maximum Gasteiger partial charge on any atom is 0.138 e. The van der Waals surface area contributed by atoms with Crippen LogP contribution in [0.2, 0.25) is 0 Å². The molecule has 1 aliphatic heterocycles. The maximum absolute atomic E-state index is 9.98. The van der Waals surface area contributed by atoms with Gasteiger partial charge >= 0.3 is 0 Å². The Balaban J connectivity index is 1.49. The molecular weight excluding hydrogens is 380 g/mol. The van der Waals surface area contributed by atoms with Gasteiger partial charge in [-0.2, -0.15) is 10.4 Å². The van der Waals surface area contributed by atoms with Crippen LogP contribution in [0.15, 0.2) is 36.8 Å². The molecule has 0 radical (unpaired) electrons. The molecule has 5 rings (SSSR count). The van der Waals surface area contributed by atoms with Gasteiger partial charge in [0, 0.05) is 36.5 Å². The van der Waals surface area contributed by atoms with Gasteiger partial charge in [0.2, 0.25) is 0 Å². The first kappa shape index (κ1) is 18.9. The quantitative estimate of drug-likeness (QED) is 0.667. The molecular formula is C22H24N6O2. The molecule has 0 unspecified atom stereocenters. The van der Waals surface area contributed by atoms with Crippen molar-refractivity contribution in [3.8, 4) is 22.9 Å². The molecule has 1 saturated carbocycles. The SMILES string of the molecule is CC(C)(O)COc1cc(-c2ccc(N3C[C@@H]4[C@@H](N)[C@@H]4C3)nc2)c2c(C#N)cnn2c1. The Bertz CT molecular complexity index is 1130. The number of ether oxygens (including phenoxy) is 1. The van der Waals surface area contributed by atoms with Crippen molar-refractivity contribution in [2.24, 2.45) is 17.6 Å². The van der Waals surface area contributed by atoms with E-state index < -0.39 is 5.60 Å². The van der Waals surface area contributed by atoms with Crippen molar-refractivity contribution in [1.29, 1.82) is 5.26 Å². The van der Waals surface area contributed by atoms with Crippen LogP contribution in [0.1, 0.15) is 19.4 Å². The number of hydrogen-bond acceptors (Lipinski definition) is 7. The van der Waals surface area contributed by atoms with Gasteiger partial charge in [-0.15, -0.1) is 0 Å². The Hall–Kier alpha value is -3.15. The second-order valence-corrected chi connectivity index (χ2v) is 8.87. The fourth-order valence-corrected chi connectivity index (χ4v) is 4.23. The van der Waals surface area contributed by atoms with Gasteiger partial charge < -0.3 is 20.5 Å². The first-order valence-corrected chi connectivity index (χ1v) is 10.1. The molecule has 1 saturated heterocycles. The number of nitriles is 1. The molecule has 0 bridgehead atoms. The van der Waals surface area contributed by atoms with E-state index in [2.05, 4.69) is 21.1 Å². The molecule has 30 heavy (non-hydrogen) atoms. The minimum atomic E-state index is -0.959. The van der Waals surface area contributed by atoms with Crippen molar-refractivity contribution in [3.05, 3.63) is 42.4 Å². The second-order valence-electron chi connectivity index (χ2n) is 8.87. The number of nitrogens with two attached hydrogens (primary N) is 1. The van der Waals surface area contributed by atoms with Crippen LogP contribution in [0.4, 0.5) is 5.82 Å². The molecule has 1 aliphatic carbocycles. The van der Waals surface area contributed by atoms with Crippen molar-refractivity contribution in [2.45, 2.75) is 25.5 Å². The molecule has 0 aromatic carbocycles. The fourth-order valence-electron chi connectivity index (χ4n) is 4.23. The standard InChI is InChI=1S/C22H24N6O2/c1-22(2,29)12-30-15-5-16(21-14(6-23)8-26-28(21)9-15)13-3-4-19(25-7-13)27-10-17-18(11-27)20(17)24/h3-5,7-9,17-18,20,29H,10-12,24H2,1-2H3/t17-,18+,20+. The minimum absolute atomic E-state index is 0.140. The lowest BCUT2D eigenvalue weighted by molar-refractivity contribution is 0.0283. The largest absolute Gasteiger partial charge is 0.489 e. The molecule has 2 fully saturated rings. The zero-order chi connectivity index (χ0) is 21.0. The summed E-state index contributed by atoms with van der Waals surface area (Å²) in [5.74, 6) is 2.70. The van der Waals surface area contributed by atoms with E-state index in [-0.39, 0.29) is 6.61 Å². The number of piperidine rings is 1. The van der Waals surface area contributed by atoms with Crippen LogP contribution in [0.3, 0.4) is 0 Å². The highest BCUT2D eigenvalue weighted by Crippen LogP contribution is 2.45. The van der Waals surface area contributed by atoms with Crippen molar-refractivity contribution >= 4 is 11.3 Å². The van der Waals surface area contributed by atoms with Gasteiger partial charge in [0.15, 0.2) is 0 Å². The number of nitrogens with zero attached hydrogens (tertiary/aromatic N) is 5. The molecule has 2 aliphatic rings. The number of pyridine rings is 2. The lowest BCUT2D eigenvalue weighted by atomic mass is 10.1. The molecule has 3 N–H and O–H groups in total. The summed E-state index contributed by atoms with van der Waals surface area (Å²) in [6.07, 6.45) is 5.08. The summed E-state index contributed by atoms with van der Waals surface area (Å²) in [7, 11) is 0. The molecule has 3 aromatic heterocycles. The van der Waals surface area contributed by atoms with E-state index >= 15 is 0 Å². The van der Waals surface area contributed by atoms with Crippen LogP contribution in [0, 0.1) is 23.2 Å². The van der Waals surface area contributed by atoms with E-state index in [0.29, 0.717) is 34.7 Å². The summed E-state index contributed by atoms with van der Waals surface area (Å²) in [6, 6.07) is 8.44. The fraction of sp³-hybridized carbons (Fsp3) is 0.409. The summed E-state index contributed by atoms with van der Waals surface area (Å²) in [4.78, 5) is 6.95. The van der Waals surface area contributed by atoms with Gasteiger partial charge in [-0.1, -0.05) is 0 Å². The van der Waals surface area contributed by atoms with E-state index in [1.54, 1.807) is 30.8 Å². The Morgan fingerprint density at radius 3 is 2.70 bits per heavy atom. The van der Waals surface area contributed by atoms with E-state index in [4.69, 9.17) is 10.5 Å². The first-order valence-electron chi connectivity index (χ1n) is 10.1. The number of fused-ring (bicyclic) bond motifs is 2. The van der Waals surface area contributed by atoms with Gasteiger partial charge in [-0.25, -0.2) is 9.50 Å². The Kier molecular flexibility index (Phi) is 4.20. The van der Waals surface area contributed by atoms with Crippen LogP contribution in [0.5, 0.6) is 5.75 Å². The van der Waals surface area contributed by atoms with Crippen molar-refractivity contribution in [1.82, 2.24) is 14.6 Å². The van der Waals surface area contributed by atoms with Gasteiger partial charge in [0.1, 0.15) is 24.2 Å². The number of anilines is 1. The highest BCUT2D eigenvalue weighted by molar-refractivity contribution is 5.85. The molecule has 3 atom stereocenters. The van der Waals surface area contributed by atoms with E-state index in [0.717, 1.165) is 30.0 Å². The third-order valence-electron chi connectivity index (χ3n) is 5.94. The summed E-state index contributed by atoms with van der Waals surface area (Å²) in [6.45, 7) is 5.44. The van der Waals surface area contributed by atoms with E-state index in [1.165, 1.54) is 0 Å². The van der Waals surface area contributed by atoms with Crippen LogP contribution in [-0.4, -0.2) is 51.0 Å². The number of rotatable bonds is 5. The van der Waals surface area contributed by atoms with Crippen molar-refractivity contribution in [3.63, 3.8) is 0 Å². The average molecular weight is 404 g/mol. The summed E-state index contributed by atoms with van der Waals surface area (Å²) in [5, 5.41) is 23.8. The second kappa shape index (κ2) is 6.69. The number of aromatic nitrogens is 3. The predicted octanol–water partition coefficient (Wildman–Crippen LogP) is 1.81. The van der Waals surface area contributed by atoms with Crippen LogP contribution in [0.25, 0.3) is 16.6 Å². The maximum atomic E-state index is 9.98. The highest BCUT2D eigenvalue weighted by Gasteiger charge is 2.53. The van der Waals surface area contributed by atoms with E-state index in [9.17, 15) is 10.4 Å². The minimum Gasteiger partial charge on any atom is -0.489 e. The number of aliphatic hydroxyl groups is 1. The third-order valence-corrected chi connectivity index (χ3v) is 5.94. The van der Waals surface area contributed by atoms with Crippen LogP contribution in [-0.2, 0) is 0 Å². The smallest absolute Gasteiger partial charge is 0.138 e. The molecule has 8 nitrogen and oxygen atoms in total. The summed E-state index contributed by atoms with van der Waals surface area (Å²) in [5.41, 5.74) is 7.95. The van der Waals surface area contributed by atoms with Crippen LogP contribution < -0.4 is 15.4 Å². The lowest BCUT2D eigenvalue weighted by Gasteiger charge is -2.20. The van der Waals surface area contributed by atoms with Gasteiger partial charge in [-0.05, 0) is 43.9 Å². The Labute approximate surface area is 174 Å². The topological polar surface area (TPSA) is 113 Å². The molecule has 0 spiro atoms. The zero-order valence-corrected chi connectivity index (χ0v) is 17.0. The Morgan fingerprint density at radius 2 is 2.07 bits per heavy atom. The molecule has 154 valence electrons. The summed E-state index contributed by atoms with van der Waals surface area (Å²) < 4.78 is 7.42. The third kappa shape index (κ3) is 3.26. The van der Waals surface area contributed by atoms with Gasteiger partial charge in [0.25, 0.3) is 0 Å². The van der Waals surface area contributed by atoms with Crippen LogP contribution >= 0.6 is 0 Å². The van der Waals surface area contributed by atoms with Crippen molar-refractivity contribution in [2.75, 3.05) is 24.6 Å². The monoisotopic (exact) mass is 404 g/mol. The molecule has 3 aromatic rings. The molecule has 8 heteroatoms. The predicted molar refractivity (Wildman–Crippen MR) is 112 cm³/mol. The van der Waals surface area contributed by atoms with Crippen molar-refractivity contribution < 1.29 is 9.84 Å². The molecule has 0 amide bonds. The van der Waals surface area contributed by atoms with Gasteiger partial charge in [-0.3, -0.25) is 0 Å². The lowest BCUT2D eigenvalue weighted by Crippen LogP contribution is -2.28. The van der Waals surface area contributed by atoms with E-state index in [1.807, 2.05) is 24.4 Å². The number of hydrogen-bond donors (Lipinski definition) is 2. The Morgan fingerprint density at radius 1 is 1.30 bits per heavy atom. The highest BCUT2D eigenvalue weighted by atomic mass is 16.5. The molecule has 4 heterocycles.